The molecular formula is C16H14F3NO4S. The van der Waals surface area contributed by atoms with Crippen molar-refractivity contribution in [3.8, 4) is 16.9 Å². The minimum atomic E-state index is -5.73. The van der Waals surface area contributed by atoms with E-state index in [0.29, 0.717) is 16.7 Å². The van der Waals surface area contributed by atoms with Gasteiger partial charge in [0, 0.05) is 12.6 Å². The van der Waals surface area contributed by atoms with Crippen LogP contribution >= 0.6 is 0 Å². The van der Waals surface area contributed by atoms with E-state index in [1.165, 1.54) is 26.1 Å². The van der Waals surface area contributed by atoms with Crippen LogP contribution < -0.4 is 9.50 Å². The fraction of sp³-hybridized carbons (Fsp3) is 0.188. The predicted molar refractivity (Wildman–Crippen MR) is 85.6 cm³/mol. The van der Waals surface area contributed by atoms with Gasteiger partial charge < -0.3 is 9.50 Å². The van der Waals surface area contributed by atoms with E-state index < -0.39 is 21.4 Å². The maximum atomic E-state index is 12.4. The summed E-state index contributed by atoms with van der Waals surface area (Å²) in [6.07, 6.45) is 0. The molecule has 0 radical (unpaired) electrons. The van der Waals surface area contributed by atoms with E-state index in [2.05, 4.69) is 9.50 Å². The largest absolute Gasteiger partial charge is 0.534 e. The molecule has 25 heavy (non-hydrogen) atoms. The molecule has 0 bridgehead atoms. The number of carbonyl (C=O) groups is 1. The molecule has 5 nitrogen and oxygen atoms in total. The smallest absolute Gasteiger partial charge is 0.376 e. The number of rotatable bonds is 4. The van der Waals surface area contributed by atoms with Crippen molar-refractivity contribution in [2.45, 2.75) is 12.4 Å². The van der Waals surface area contributed by atoms with Gasteiger partial charge in [-0.2, -0.15) is 21.6 Å². The summed E-state index contributed by atoms with van der Waals surface area (Å²) in [6, 6.07) is 10.6. The van der Waals surface area contributed by atoms with Crippen molar-refractivity contribution in [3.63, 3.8) is 0 Å². The molecule has 9 heteroatoms. The van der Waals surface area contributed by atoms with Gasteiger partial charge in [-0.15, -0.1) is 0 Å². The molecular weight excluding hydrogens is 359 g/mol. The van der Waals surface area contributed by atoms with Crippen molar-refractivity contribution in [1.82, 2.24) is 5.32 Å². The number of halogens is 3. The average Bonchev–Trinajstić information content (AvgIpc) is 2.55. The maximum absolute atomic E-state index is 12.4. The monoisotopic (exact) mass is 373 g/mol. The SMILES string of the molecule is CNC(=O)c1cccc(-c2ccc(OS(=O)(=O)C(F)(F)F)c(C)c2)c1. The molecule has 0 aliphatic heterocycles. The van der Waals surface area contributed by atoms with E-state index in [0.717, 1.165) is 6.07 Å². The second-order valence-corrected chi connectivity index (χ2v) is 6.66. The third-order valence-electron chi connectivity index (χ3n) is 3.34. The molecule has 134 valence electrons. The molecule has 2 rings (SSSR count). The van der Waals surface area contributed by atoms with Crippen molar-refractivity contribution in [1.29, 1.82) is 0 Å². The van der Waals surface area contributed by atoms with Gasteiger partial charge in [-0.05, 0) is 47.9 Å². The lowest BCUT2D eigenvalue weighted by Gasteiger charge is -2.12. The third kappa shape index (κ3) is 4.11. The third-order valence-corrected chi connectivity index (χ3v) is 4.31. The molecule has 0 aliphatic rings. The Balaban J connectivity index is 2.36. The molecule has 1 N–H and O–H groups in total. The summed E-state index contributed by atoms with van der Waals surface area (Å²) in [5.74, 6) is -0.696. The molecule has 0 saturated heterocycles. The highest BCUT2D eigenvalue weighted by Gasteiger charge is 2.48. The first-order chi connectivity index (χ1) is 11.5. The lowest BCUT2D eigenvalue weighted by Crippen LogP contribution is -2.28. The second-order valence-electron chi connectivity index (χ2n) is 5.12. The first-order valence-corrected chi connectivity index (χ1v) is 8.40. The second kappa shape index (κ2) is 6.75. The van der Waals surface area contributed by atoms with E-state index in [9.17, 15) is 26.4 Å². The Morgan fingerprint density at radius 1 is 1.08 bits per heavy atom. The van der Waals surface area contributed by atoms with Crippen LogP contribution in [0.15, 0.2) is 42.5 Å². The molecule has 0 atom stereocenters. The highest BCUT2D eigenvalue weighted by Crippen LogP contribution is 2.31. The Hall–Kier alpha value is -2.55. The summed E-state index contributed by atoms with van der Waals surface area (Å²) in [6.45, 7) is 1.42. The Labute approximate surface area is 142 Å². The Morgan fingerprint density at radius 3 is 2.28 bits per heavy atom. The highest BCUT2D eigenvalue weighted by molar-refractivity contribution is 7.88. The van der Waals surface area contributed by atoms with Crippen molar-refractivity contribution in [3.05, 3.63) is 53.6 Å². The van der Waals surface area contributed by atoms with Gasteiger partial charge in [0.25, 0.3) is 5.91 Å². The molecule has 0 unspecified atom stereocenters. The number of nitrogens with one attached hydrogen (secondary N) is 1. The van der Waals surface area contributed by atoms with Crippen LogP contribution in [-0.2, 0) is 10.1 Å². The van der Waals surface area contributed by atoms with Crippen molar-refractivity contribution < 1.29 is 30.6 Å². The number of carbonyl (C=O) groups excluding carboxylic acids is 1. The fourth-order valence-electron chi connectivity index (χ4n) is 2.07. The van der Waals surface area contributed by atoms with Crippen LogP contribution in [0.5, 0.6) is 5.75 Å². The fourth-order valence-corrected chi connectivity index (χ4v) is 2.59. The van der Waals surface area contributed by atoms with E-state index in [1.807, 2.05) is 0 Å². The summed E-state index contributed by atoms with van der Waals surface area (Å²) in [4.78, 5) is 11.7. The molecule has 0 heterocycles. The van der Waals surface area contributed by atoms with Gasteiger partial charge in [0.1, 0.15) is 5.75 Å². The molecule has 2 aromatic rings. The van der Waals surface area contributed by atoms with Crippen LogP contribution in [0.2, 0.25) is 0 Å². The standard InChI is InChI=1S/C16H14F3NO4S/c1-10-8-12(11-4-3-5-13(9-11)15(21)20-2)6-7-14(10)24-25(22,23)16(17,18)19/h3-9H,1-2H3,(H,20,21). The summed E-state index contributed by atoms with van der Waals surface area (Å²) in [5.41, 5.74) is -3.64. The van der Waals surface area contributed by atoms with E-state index in [4.69, 9.17) is 0 Å². The zero-order valence-corrected chi connectivity index (χ0v) is 14.0. The molecule has 1 amide bonds. The lowest BCUT2D eigenvalue weighted by atomic mass is 10.0. The number of aryl methyl sites for hydroxylation is 1. The number of amides is 1. The van der Waals surface area contributed by atoms with Crippen LogP contribution in [0.25, 0.3) is 11.1 Å². The van der Waals surface area contributed by atoms with E-state index in [1.54, 1.807) is 24.3 Å². The van der Waals surface area contributed by atoms with Gasteiger partial charge in [-0.25, -0.2) is 0 Å². The van der Waals surface area contributed by atoms with Crippen molar-refractivity contribution in [2.24, 2.45) is 0 Å². The molecule has 2 aromatic carbocycles. The Morgan fingerprint density at radius 2 is 1.72 bits per heavy atom. The minimum absolute atomic E-state index is 0.204. The van der Waals surface area contributed by atoms with Crippen LogP contribution in [0.4, 0.5) is 13.2 Å². The molecule has 0 aliphatic carbocycles. The van der Waals surface area contributed by atoms with Crippen molar-refractivity contribution in [2.75, 3.05) is 7.05 Å². The van der Waals surface area contributed by atoms with E-state index in [-0.39, 0.29) is 11.5 Å². The number of hydrogen-bond donors (Lipinski definition) is 1. The first kappa shape index (κ1) is 18.8. The van der Waals surface area contributed by atoms with Crippen LogP contribution in [0.1, 0.15) is 15.9 Å². The van der Waals surface area contributed by atoms with Crippen LogP contribution in [-0.4, -0.2) is 26.9 Å². The minimum Gasteiger partial charge on any atom is -0.376 e. The summed E-state index contributed by atoms with van der Waals surface area (Å²) in [7, 11) is -4.23. The van der Waals surface area contributed by atoms with Gasteiger partial charge in [0.15, 0.2) is 0 Å². The number of hydrogen-bond acceptors (Lipinski definition) is 4. The van der Waals surface area contributed by atoms with E-state index >= 15 is 0 Å². The summed E-state index contributed by atoms with van der Waals surface area (Å²) in [5, 5.41) is 2.49. The van der Waals surface area contributed by atoms with Gasteiger partial charge in [-0.1, -0.05) is 18.2 Å². The Bertz CT molecular complexity index is 908. The summed E-state index contributed by atoms with van der Waals surface area (Å²) < 4.78 is 63.5. The zero-order chi connectivity index (χ0) is 18.8. The predicted octanol–water partition coefficient (Wildman–Crippen LogP) is 3.25. The number of alkyl halides is 3. The molecule has 0 aromatic heterocycles. The number of benzene rings is 2. The molecule has 0 saturated carbocycles. The van der Waals surface area contributed by atoms with Gasteiger partial charge in [0.2, 0.25) is 0 Å². The zero-order valence-electron chi connectivity index (χ0n) is 13.2. The van der Waals surface area contributed by atoms with Crippen molar-refractivity contribution >= 4 is 16.0 Å². The highest BCUT2D eigenvalue weighted by atomic mass is 32.2. The van der Waals surface area contributed by atoms with Gasteiger partial charge in [0.05, 0.1) is 0 Å². The topological polar surface area (TPSA) is 72.5 Å². The normalized spacial score (nSPS) is 11.9. The summed E-state index contributed by atoms with van der Waals surface area (Å²) >= 11 is 0. The molecule has 0 fully saturated rings. The quantitative estimate of drug-likeness (QED) is 0.660. The van der Waals surface area contributed by atoms with Gasteiger partial charge >= 0.3 is 15.6 Å². The van der Waals surface area contributed by atoms with Crippen LogP contribution in [0.3, 0.4) is 0 Å². The van der Waals surface area contributed by atoms with Gasteiger partial charge in [-0.3, -0.25) is 4.79 Å². The lowest BCUT2D eigenvalue weighted by molar-refractivity contribution is -0.0500. The molecule has 0 spiro atoms. The Kier molecular flexibility index (Phi) is 5.07. The first-order valence-electron chi connectivity index (χ1n) is 6.99. The van der Waals surface area contributed by atoms with Crippen LogP contribution in [0, 0.1) is 6.92 Å². The maximum Gasteiger partial charge on any atom is 0.534 e. The average molecular weight is 373 g/mol.